The van der Waals surface area contributed by atoms with Crippen LogP contribution in [-0.4, -0.2) is 4.57 Å². The van der Waals surface area contributed by atoms with E-state index in [0.29, 0.717) is 0 Å². The number of hydrogen-bond donors (Lipinski definition) is 0. The van der Waals surface area contributed by atoms with Crippen LogP contribution in [0.1, 0.15) is 56.7 Å². The Morgan fingerprint density at radius 3 is 2.45 bits per heavy atom. The number of fused-ring (bicyclic) bond motifs is 3. The Hall–Kier alpha value is -3.06. The highest BCUT2D eigenvalue weighted by Crippen LogP contribution is 2.41. The van der Waals surface area contributed by atoms with Gasteiger partial charge in [0.2, 0.25) is 0 Å². The number of nitrogens with zero attached hydrogens (tertiary/aromatic N) is 1. The molecule has 1 aliphatic rings. The maximum absolute atomic E-state index is 4.27. The van der Waals surface area contributed by atoms with E-state index in [1.807, 2.05) is 0 Å². The Morgan fingerprint density at radius 2 is 1.68 bits per heavy atom. The molecule has 0 aliphatic heterocycles. The molecule has 5 rings (SSSR count). The van der Waals surface area contributed by atoms with Crippen molar-refractivity contribution >= 4 is 33.0 Å². The summed E-state index contributed by atoms with van der Waals surface area (Å²) in [4.78, 5) is 0. The van der Waals surface area contributed by atoms with E-state index in [1.54, 1.807) is 11.1 Å². The topological polar surface area (TPSA) is 4.93 Å². The molecule has 0 saturated heterocycles. The number of aryl methyl sites for hydroxylation is 1. The lowest BCUT2D eigenvalue weighted by molar-refractivity contribution is 0.517. The van der Waals surface area contributed by atoms with Gasteiger partial charge in [0.25, 0.3) is 0 Å². The molecule has 4 aromatic rings. The fourth-order valence-corrected chi connectivity index (χ4v) is 5.55. The molecule has 31 heavy (non-hydrogen) atoms. The van der Waals surface area contributed by atoms with Crippen molar-refractivity contribution in [3.05, 3.63) is 89.5 Å². The molecule has 0 N–H and O–H groups in total. The van der Waals surface area contributed by atoms with Gasteiger partial charge in [-0.25, -0.2) is 0 Å². The fraction of sp³-hybridized carbons (Fsp3) is 0.267. The average molecular weight is 406 g/mol. The second-order valence-corrected chi connectivity index (χ2v) is 9.39. The lowest BCUT2D eigenvalue weighted by Gasteiger charge is -2.25. The van der Waals surface area contributed by atoms with Crippen LogP contribution in [0.5, 0.6) is 0 Å². The number of benzene rings is 3. The van der Waals surface area contributed by atoms with Crippen molar-refractivity contribution in [1.82, 2.24) is 4.57 Å². The highest BCUT2D eigenvalue weighted by molar-refractivity contribution is 6.11. The molecule has 1 nitrogen and oxygen atoms in total. The number of para-hydroxylation sites is 2. The zero-order valence-electron chi connectivity index (χ0n) is 19.1. The third-order valence-corrected chi connectivity index (χ3v) is 7.08. The Morgan fingerprint density at radius 1 is 0.935 bits per heavy atom. The van der Waals surface area contributed by atoms with Gasteiger partial charge in [0, 0.05) is 16.3 Å². The van der Waals surface area contributed by atoms with Crippen LogP contribution in [0.2, 0.25) is 0 Å². The van der Waals surface area contributed by atoms with Crippen molar-refractivity contribution < 1.29 is 0 Å². The molecule has 1 atom stereocenters. The van der Waals surface area contributed by atoms with Crippen LogP contribution in [0.3, 0.4) is 0 Å². The van der Waals surface area contributed by atoms with E-state index in [2.05, 4.69) is 99.5 Å². The SMILES string of the molecule is C=C(C)c1ccccc1-n1c2ccccc2c2ccc(C3=C(C)CC(C)CC3)c(C)c21. The van der Waals surface area contributed by atoms with E-state index >= 15 is 0 Å². The molecule has 1 aromatic heterocycles. The van der Waals surface area contributed by atoms with Crippen molar-refractivity contribution in [1.29, 1.82) is 0 Å². The third-order valence-electron chi connectivity index (χ3n) is 7.08. The van der Waals surface area contributed by atoms with Gasteiger partial charge in [-0.2, -0.15) is 0 Å². The fourth-order valence-electron chi connectivity index (χ4n) is 5.55. The molecular formula is C30H31N. The number of allylic oxidation sites excluding steroid dienone is 3. The van der Waals surface area contributed by atoms with Crippen LogP contribution >= 0.6 is 0 Å². The van der Waals surface area contributed by atoms with Crippen LogP contribution in [0.25, 0.3) is 38.6 Å². The predicted octanol–water partition coefficient (Wildman–Crippen LogP) is 8.72. The van der Waals surface area contributed by atoms with Crippen molar-refractivity contribution in [3.63, 3.8) is 0 Å². The zero-order chi connectivity index (χ0) is 21.7. The van der Waals surface area contributed by atoms with E-state index in [0.717, 1.165) is 11.5 Å². The van der Waals surface area contributed by atoms with Crippen LogP contribution < -0.4 is 0 Å². The number of aromatic nitrogens is 1. The van der Waals surface area contributed by atoms with Gasteiger partial charge >= 0.3 is 0 Å². The number of hydrogen-bond acceptors (Lipinski definition) is 0. The van der Waals surface area contributed by atoms with E-state index in [-0.39, 0.29) is 0 Å². The molecular weight excluding hydrogens is 374 g/mol. The summed E-state index contributed by atoms with van der Waals surface area (Å²) in [7, 11) is 0. The molecule has 1 aliphatic carbocycles. The predicted molar refractivity (Wildman–Crippen MR) is 136 cm³/mol. The highest BCUT2D eigenvalue weighted by Gasteiger charge is 2.22. The summed E-state index contributed by atoms with van der Waals surface area (Å²) in [6, 6.07) is 22.2. The van der Waals surface area contributed by atoms with Crippen molar-refractivity contribution in [2.75, 3.05) is 0 Å². The average Bonchev–Trinajstić information content (AvgIpc) is 3.10. The van der Waals surface area contributed by atoms with Crippen LogP contribution in [0, 0.1) is 12.8 Å². The third kappa shape index (κ3) is 3.15. The minimum atomic E-state index is 0.793. The highest BCUT2D eigenvalue weighted by atomic mass is 15.0. The van der Waals surface area contributed by atoms with E-state index in [1.165, 1.54) is 63.4 Å². The maximum Gasteiger partial charge on any atom is 0.0576 e. The molecule has 1 unspecified atom stereocenters. The summed E-state index contributed by atoms with van der Waals surface area (Å²) in [5.74, 6) is 0.793. The maximum atomic E-state index is 4.27. The Labute approximate surface area is 185 Å². The summed E-state index contributed by atoms with van der Waals surface area (Å²) in [6.45, 7) is 13.4. The standard InChI is InChI=1S/C30H31N/c1-19(2)23-10-6-8-12-28(23)31-29-13-9-7-11-26(29)27-17-16-25(22(5)30(27)31)24-15-14-20(3)18-21(24)4/h6-13,16-17,20H,1,14-15,18H2,2-5H3. The summed E-state index contributed by atoms with van der Waals surface area (Å²) in [5.41, 5.74) is 12.0. The lowest BCUT2D eigenvalue weighted by atomic mass is 9.81. The molecule has 156 valence electrons. The molecule has 0 amide bonds. The zero-order valence-corrected chi connectivity index (χ0v) is 19.1. The van der Waals surface area contributed by atoms with Gasteiger partial charge in [-0.3, -0.25) is 0 Å². The molecule has 0 fully saturated rings. The van der Waals surface area contributed by atoms with Gasteiger partial charge in [0.05, 0.1) is 16.7 Å². The van der Waals surface area contributed by atoms with Gasteiger partial charge in [0.15, 0.2) is 0 Å². The summed E-state index contributed by atoms with van der Waals surface area (Å²) in [5, 5.41) is 2.64. The van der Waals surface area contributed by atoms with Crippen molar-refractivity contribution in [3.8, 4) is 5.69 Å². The summed E-state index contributed by atoms with van der Waals surface area (Å²) in [6.07, 6.45) is 3.68. The normalized spacial score (nSPS) is 17.0. The minimum absolute atomic E-state index is 0.793. The smallest absolute Gasteiger partial charge is 0.0576 e. The molecule has 0 saturated carbocycles. The lowest BCUT2D eigenvalue weighted by Crippen LogP contribution is -2.07. The first-order chi connectivity index (χ1) is 15.0. The summed E-state index contributed by atoms with van der Waals surface area (Å²) >= 11 is 0. The van der Waals surface area contributed by atoms with Crippen LogP contribution in [-0.2, 0) is 0 Å². The van der Waals surface area contributed by atoms with Gasteiger partial charge in [0.1, 0.15) is 0 Å². The van der Waals surface area contributed by atoms with Crippen LogP contribution in [0.4, 0.5) is 0 Å². The first-order valence-electron chi connectivity index (χ1n) is 11.4. The first-order valence-corrected chi connectivity index (χ1v) is 11.4. The largest absolute Gasteiger partial charge is 0.308 e. The Kier molecular flexibility index (Phi) is 4.85. The minimum Gasteiger partial charge on any atom is -0.308 e. The van der Waals surface area contributed by atoms with E-state index in [4.69, 9.17) is 0 Å². The van der Waals surface area contributed by atoms with Crippen molar-refractivity contribution in [2.45, 2.75) is 47.0 Å². The first kappa shape index (κ1) is 19.9. The second-order valence-electron chi connectivity index (χ2n) is 9.39. The van der Waals surface area contributed by atoms with Gasteiger partial charge in [-0.1, -0.05) is 67.6 Å². The Bertz CT molecular complexity index is 1360. The molecule has 1 heterocycles. The Balaban J connectivity index is 1.89. The molecule has 3 aromatic carbocycles. The molecule has 0 radical (unpaired) electrons. The van der Waals surface area contributed by atoms with Gasteiger partial charge in [-0.05, 0) is 80.4 Å². The van der Waals surface area contributed by atoms with Gasteiger partial charge < -0.3 is 4.57 Å². The van der Waals surface area contributed by atoms with E-state index < -0.39 is 0 Å². The quantitative estimate of drug-likeness (QED) is 0.321. The molecule has 0 bridgehead atoms. The monoisotopic (exact) mass is 405 g/mol. The van der Waals surface area contributed by atoms with Gasteiger partial charge in [-0.15, -0.1) is 0 Å². The second kappa shape index (κ2) is 7.57. The van der Waals surface area contributed by atoms with E-state index in [9.17, 15) is 0 Å². The van der Waals surface area contributed by atoms with Crippen LogP contribution in [0.15, 0.2) is 72.8 Å². The van der Waals surface area contributed by atoms with Crippen molar-refractivity contribution in [2.24, 2.45) is 5.92 Å². The molecule has 1 heteroatoms. The summed E-state index contributed by atoms with van der Waals surface area (Å²) < 4.78 is 2.47. The number of rotatable bonds is 3. The molecule has 0 spiro atoms.